The Hall–Kier alpha value is -3.55. The summed E-state index contributed by atoms with van der Waals surface area (Å²) in [4.78, 5) is 13.8. The van der Waals surface area contributed by atoms with Gasteiger partial charge in [0.15, 0.2) is 18.1 Å². The maximum atomic E-state index is 12.3. The first-order chi connectivity index (χ1) is 14.0. The number of likely N-dealkylation sites (N-methyl/N-ethyl adjacent to an activating group) is 1. The van der Waals surface area contributed by atoms with E-state index in [0.29, 0.717) is 34.6 Å². The van der Waals surface area contributed by atoms with E-state index < -0.39 is 0 Å². The molecule has 0 unspecified atom stereocenters. The predicted molar refractivity (Wildman–Crippen MR) is 106 cm³/mol. The van der Waals surface area contributed by atoms with Gasteiger partial charge in [0.25, 0.3) is 5.91 Å². The lowest BCUT2D eigenvalue weighted by Gasteiger charge is -2.15. The molecule has 0 aliphatic carbocycles. The molecule has 0 saturated heterocycles. The summed E-state index contributed by atoms with van der Waals surface area (Å²) in [5.41, 5.74) is 1.76. The van der Waals surface area contributed by atoms with E-state index >= 15 is 0 Å². The quantitative estimate of drug-likeness (QED) is 0.577. The summed E-state index contributed by atoms with van der Waals surface area (Å²) in [7, 11) is 4.78. The summed E-state index contributed by atoms with van der Waals surface area (Å²) in [5.74, 6) is 2.27. The van der Waals surface area contributed by atoms with Gasteiger partial charge in [-0.15, -0.1) is 10.2 Å². The Bertz CT molecular complexity index is 986. The van der Waals surface area contributed by atoms with Crippen LogP contribution < -0.4 is 14.2 Å². The highest BCUT2D eigenvalue weighted by atomic mass is 16.5. The van der Waals surface area contributed by atoms with Gasteiger partial charge in [0.05, 0.1) is 20.8 Å². The number of rotatable bonds is 8. The molecule has 0 fully saturated rings. The van der Waals surface area contributed by atoms with Crippen molar-refractivity contribution in [2.24, 2.45) is 0 Å². The van der Waals surface area contributed by atoms with Crippen molar-refractivity contribution >= 4 is 5.91 Å². The summed E-state index contributed by atoms with van der Waals surface area (Å²) in [6.07, 6.45) is 0. The van der Waals surface area contributed by atoms with Crippen molar-refractivity contribution in [1.82, 2.24) is 15.1 Å². The van der Waals surface area contributed by atoms with Crippen molar-refractivity contribution < 1.29 is 23.4 Å². The van der Waals surface area contributed by atoms with E-state index in [2.05, 4.69) is 10.2 Å². The number of hydrogen-bond donors (Lipinski definition) is 0. The number of aromatic nitrogens is 2. The molecule has 0 aliphatic rings. The van der Waals surface area contributed by atoms with Gasteiger partial charge in [0, 0.05) is 12.6 Å². The molecule has 8 nitrogen and oxygen atoms in total. The van der Waals surface area contributed by atoms with E-state index in [1.165, 1.54) is 4.90 Å². The third-order valence-corrected chi connectivity index (χ3v) is 4.25. The minimum absolute atomic E-state index is 0.0728. The van der Waals surface area contributed by atoms with Gasteiger partial charge in [-0.3, -0.25) is 4.79 Å². The van der Waals surface area contributed by atoms with Gasteiger partial charge in [-0.2, -0.15) is 0 Å². The lowest BCUT2D eigenvalue weighted by Crippen LogP contribution is -2.31. The van der Waals surface area contributed by atoms with Gasteiger partial charge in [-0.05, 0) is 42.8 Å². The van der Waals surface area contributed by atoms with Gasteiger partial charge >= 0.3 is 0 Å². The van der Waals surface area contributed by atoms with Gasteiger partial charge in [0.1, 0.15) is 5.75 Å². The summed E-state index contributed by atoms with van der Waals surface area (Å²) in [6, 6.07) is 12.8. The molecule has 0 aliphatic heterocycles. The van der Waals surface area contributed by atoms with Crippen LogP contribution in [0.1, 0.15) is 11.5 Å². The fourth-order valence-electron chi connectivity index (χ4n) is 2.65. The van der Waals surface area contributed by atoms with Crippen LogP contribution in [0, 0.1) is 6.92 Å². The molecule has 3 aromatic rings. The largest absolute Gasteiger partial charge is 0.493 e. The summed E-state index contributed by atoms with van der Waals surface area (Å²) < 4.78 is 21.7. The molecule has 0 saturated carbocycles. The number of carbonyl (C=O) groups is 1. The van der Waals surface area contributed by atoms with Crippen LogP contribution in [0.15, 0.2) is 46.9 Å². The minimum atomic E-state index is -0.197. The smallest absolute Gasteiger partial charge is 0.260 e. The summed E-state index contributed by atoms with van der Waals surface area (Å²) in [5, 5.41) is 8.07. The summed E-state index contributed by atoms with van der Waals surface area (Å²) >= 11 is 0. The number of nitrogens with zero attached hydrogens (tertiary/aromatic N) is 3. The monoisotopic (exact) mass is 397 g/mol. The van der Waals surface area contributed by atoms with E-state index in [4.69, 9.17) is 18.6 Å². The Morgan fingerprint density at radius 1 is 1.07 bits per heavy atom. The van der Waals surface area contributed by atoms with Crippen molar-refractivity contribution in [3.8, 4) is 28.7 Å². The van der Waals surface area contributed by atoms with Gasteiger partial charge in [0.2, 0.25) is 11.8 Å². The number of amides is 1. The molecule has 3 rings (SSSR count). The van der Waals surface area contributed by atoms with Crippen LogP contribution in [0.2, 0.25) is 0 Å². The van der Waals surface area contributed by atoms with Crippen LogP contribution in [0.4, 0.5) is 0 Å². The first kappa shape index (κ1) is 20.2. The maximum absolute atomic E-state index is 12.3. The third-order valence-electron chi connectivity index (χ3n) is 4.25. The Morgan fingerprint density at radius 3 is 2.59 bits per heavy atom. The minimum Gasteiger partial charge on any atom is -0.493 e. The lowest BCUT2D eigenvalue weighted by molar-refractivity contribution is -0.132. The molecule has 1 aromatic heterocycles. The molecule has 1 amide bonds. The molecule has 0 radical (unpaired) electrons. The molecule has 2 aromatic carbocycles. The average Bonchev–Trinajstić information content (AvgIpc) is 3.19. The lowest BCUT2D eigenvalue weighted by atomic mass is 10.2. The second-order valence-electron chi connectivity index (χ2n) is 6.43. The maximum Gasteiger partial charge on any atom is 0.260 e. The highest BCUT2D eigenvalue weighted by Crippen LogP contribution is 2.31. The molecule has 1 heterocycles. The van der Waals surface area contributed by atoms with Crippen molar-refractivity contribution in [3.63, 3.8) is 0 Å². The van der Waals surface area contributed by atoms with E-state index in [9.17, 15) is 4.79 Å². The molecule has 0 atom stereocenters. The number of methoxy groups -OCH3 is 2. The summed E-state index contributed by atoms with van der Waals surface area (Å²) in [6.45, 7) is 2.07. The molecule has 0 N–H and O–H groups in total. The normalized spacial score (nSPS) is 10.5. The molecule has 29 heavy (non-hydrogen) atoms. The van der Waals surface area contributed by atoms with E-state index in [1.54, 1.807) is 39.5 Å². The van der Waals surface area contributed by atoms with Crippen molar-refractivity contribution in [3.05, 3.63) is 53.9 Å². The van der Waals surface area contributed by atoms with E-state index in [-0.39, 0.29) is 19.1 Å². The number of ether oxygens (including phenoxy) is 3. The number of hydrogen-bond acceptors (Lipinski definition) is 7. The number of carbonyl (C=O) groups excluding carboxylic acids is 1. The fraction of sp³-hybridized carbons (Fsp3) is 0.286. The zero-order valence-electron chi connectivity index (χ0n) is 16.8. The van der Waals surface area contributed by atoms with Crippen molar-refractivity contribution in [2.45, 2.75) is 13.5 Å². The van der Waals surface area contributed by atoms with Gasteiger partial charge in [-0.1, -0.05) is 12.1 Å². The Kier molecular flexibility index (Phi) is 6.33. The highest BCUT2D eigenvalue weighted by Gasteiger charge is 2.16. The van der Waals surface area contributed by atoms with Crippen LogP contribution >= 0.6 is 0 Å². The zero-order chi connectivity index (χ0) is 20.8. The topological polar surface area (TPSA) is 86.9 Å². The molecule has 8 heteroatoms. The van der Waals surface area contributed by atoms with Crippen molar-refractivity contribution in [1.29, 1.82) is 0 Å². The zero-order valence-corrected chi connectivity index (χ0v) is 16.8. The number of aryl methyl sites for hydroxylation is 1. The van der Waals surface area contributed by atoms with Crippen LogP contribution in [0.5, 0.6) is 17.2 Å². The van der Waals surface area contributed by atoms with Gasteiger partial charge in [-0.25, -0.2) is 0 Å². The van der Waals surface area contributed by atoms with Crippen LogP contribution in [0.25, 0.3) is 11.5 Å². The standard InChI is InChI=1S/C21H23N3O5/c1-14-6-5-7-16(10-14)28-13-20(25)24(2)12-19-22-23-21(29-19)15-8-9-17(26-3)18(11-15)27-4/h5-11H,12-13H2,1-4H3. The molecular formula is C21H23N3O5. The fourth-order valence-corrected chi connectivity index (χ4v) is 2.65. The van der Waals surface area contributed by atoms with Crippen LogP contribution in [0.3, 0.4) is 0 Å². The van der Waals surface area contributed by atoms with Crippen molar-refractivity contribution in [2.75, 3.05) is 27.9 Å². The predicted octanol–water partition coefficient (Wildman–Crippen LogP) is 3.10. The van der Waals surface area contributed by atoms with Crippen LogP contribution in [-0.2, 0) is 11.3 Å². The SMILES string of the molecule is COc1ccc(-c2nnc(CN(C)C(=O)COc3cccc(C)c3)o2)cc1OC. The Labute approximate surface area is 169 Å². The van der Waals surface area contributed by atoms with E-state index in [0.717, 1.165) is 5.56 Å². The molecule has 0 bridgehead atoms. The number of benzene rings is 2. The third kappa shape index (κ3) is 5.04. The highest BCUT2D eigenvalue weighted by molar-refractivity contribution is 5.77. The van der Waals surface area contributed by atoms with Crippen LogP contribution in [-0.4, -0.2) is 48.9 Å². The molecule has 0 spiro atoms. The Morgan fingerprint density at radius 2 is 1.86 bits per heavy atom. The second kappa shape index (κ2) is 9.09. The Balaban J connectivity index is 1.61. The molecule has 152 valence electrons. The first-order valence-corrected chi connectivity index (χ1v) is 8.98. The van der Waals surface area contributed by atoms with Gasteiger partial charge < -0.3 is 23.5 Å². The molecular weight excluding hydrogens is 374 g/mol. The second-order valence-corrected chi connectivity index (χ2v) is 6.43. The van der Waals surface area contributed by atoms with E-state index in [1.807, 2.05) is 31.2 Å². The average molecular weight is 397 g/mol. The first-order valence-electron chi connectivity index (χ1n) is 8.98.